The number of amidine groups is 1. The molecule has 0 fully saturated rings. The van der Waals surface area contributed by atoms with Gasteiger partial charge < -0.3 is 4.74 Å². The van der Waals surface area contributed by atoms with E-state index >= 15 is 0 Å². The molecule has 1 rings (SSSR count). The van der Waals surface area contributed by atoms with Crippen LogP contribution in [0.1, 0.15) is 13.8 Å². The van der Waals surface area contributed by atoms with Gasteiger partial charge in [-0.15, -0.1) is 0 Å². The summed E-state index contributed by atoms with van der Waals surface area (Å²) in [6, 6.07) is 0. The molecule has 0 aromatic carbocycles. The summed E-state index contributed by atoms with van der Waals surface area (Å²) in [5.74, 6) is 1.28. The van der Waals surface area contributed by atoms with Gasteiger partial charge in [-0.05, 0) is 0 Å². The molecule has 3 heteroatoms. The predicted octanol–water partition coefficient (Wildman–Crippen LogP) is 1.06. The lowest BCUT2D eigenvalue weighted by atomic mass is 10.2. The molecular formula is C6H10N2O. The van der Waals surface area contributed by atoms with Gasteiger partial charge in [-0.25, -0.2) is 9.98 Å². The summed E-state index contributed by atoms with van der Waals surface area (Å²) in [6.45, 7) is 4.54. The zero-order chi connectivity index (χ0) is 6.69. The standard InChI is InChI=1S/C6H10N2O/c1-5(2)6-7-3-9-4-8-6/h3,5H,4H2,1-2H3. The van der Waals surface area contributed by atoms with Gasteiger partial charge in [0.2, 0.25) is 0 Å². The molecule has 9 heavy (non-hydrogen) atoms. The predicted molar refractivity (Wildman–Crippen MR) is 36.7 cm³/mol. The summed E-state index contributed by atoms with van der Waals surface area (Å²) in [6.07, 6.45) is 1.45. The number of nitrogens with zero attached hydrogens (tertiary/aromatic N) is 2. The van der Waals surface area contributed by atoms with Crippen LogP contribution in [0.4, 0.5) is 0 Å². The molecule has 0 N–H and O–H groups in total. The fraction of sp³-hybridized carbons (Fsp3) is 0.667. The Hall–Kier alpha value is -0.860. The third kappa shape index (κ3) is 1.52. The summed E-state index contributed by atoms with van der Waals surface area (Å²) < 4.78 is 4.77. The first-order chi connectivity index (χ1) is 4.30. The highest BCUT2D eigenvalue weighted by molar-refractivity contribution is 5.90. The highest BCUT2D eigenvalue weighted by Gasteiger charge is 2.03. The summed E-state index contributed by atoms with van der Waals surface area (Å²) in [4.78, 5) is 7.96. The molecule has 50 valence electrons. The second-order valence-electron chi connectivity index (χ2n) is 2.20. The van der Waals surface area contributed by atoms with Crippen LogP contribution in [0.2, 0.25) is 0 Å². The molecule has 0 amide bonds. The zero-order valence-corrected chi connectivity index (χ0v) is 5.66. The summed E-state index contributed by atoms with van der Waals surface area (Å²) in [5, 5.41) is 0. The van der Waals surface area contributed by atoms with E-state index in [9.17, 15) is 0 Å². The molecule has 0 radical (unpaired) electrons. The van der Waals surface area contributed by atoms with Crippen molar-refractivity contribution in [3.63, 3.8) is 0 Å². The number of hydrogen-bond donors (Lipinski definition) is 0. The average Bonchev–Trinajstić information content (AvgIpc) is 1.90. The molecule has 1 aliphatic rings. The number of aliphatic imine (C=N–C) groups is 2. The first-order valence-electron chi connectivity index (χ1n) is 2.99. The fourth-order valence-corrected chi connectivity index (χ4v) is 0.600. The lowest BCUT2D eigenvalue weighted by molar-refractivity contribution is 0.327. The Labute approximate surface area is 54.5 Å². The largest absolute Gasteiger partial charge is 0.461 e. The molecule has 0 saturated heterocycles. The Morgan fingerprint density at radius 2 is 2.44 bits per heavy atom. The van der Waals surface area contributed by atoms with Crippen LogP contribution in [-0.4, -0.2) is 19.0 Å². The van der Waals surface area contributed by atoms with E-state index in [1.54, 1.807) is 0 Å². The van der Waals surface area contributed by atoms with E-state index in [-0.39, 0.29) is 0 Å². The van der Waals surface area contributed by atoms with Gasteiger partial charge in [0.05, 0.1) is 0 Å². The van der Waals surface area contributed by atoms with Crippen molar-refractivity contribution in [3.8, 4) is 0 Å². The molecule has 0 aromatic rings. The Morgan fingerprint density at radius 3 is 2.78 bits per heavy atom. The van der Waals surface area contributed by atoms with Crippen molar-refractivity contribution in [1.82, 2.24) is 0 Å². The van der Waals surface area contributed by atoms with Crippen LogP contribution in [0.15, 0.2) is 9.98 Å². The monoisotopic (exact) mass is 126 g/mol. The summed E-state index contributed by atoms with van der Waals surface area (Å²) in [7, 11) is 0. The Balaban J connectivity index is 2.58. The van der Waals surface area contributed by atoms with Gasteiger partial charge >= 0.3 is 0 Å². The van der Waals surface area contributed by atoms with E-state index in [1.165, 1.54) is 6.40 Å². The molecule has 3 nitrogen and oxygen atoms in total. The second-order valence-corrected chi connectivity index (χ2v) is 2.20. The van der Waals surface area contributed by atoms with Gasteiger partial charge in [-0.2, -0.15) is 0 Å². The van der Waals surface area contributed by atoms with E-state index in [0.717, 1.165) is 5.84 Å². The quantitative estimate of drug-likeness (QED) is 0.517. The molecule has 0 saturated carbocycles. The maximum absolute atomic E-state index is 4.77. The van der Waals surface area contributed by atoms with Crippen molar-refractivity contribution in [2.24, 2.45) is 15.9 Å². The van der Waals surface area contributed by atoms with E-state index in [1.807, 2.05) is 0 Å². The van der Waals surface area contributed by atoms with Crippen molar-refractivity contribution in [2.45, 2.75) is 13.8 Å². The van der Waals surface area contributed by atoms with Crippen LogP contribution >= 0.6 is 0 Å². The normalized spacial score (nSPS) is 17.4. The highest BCUT2D eigenvalue weighted by Crippen LogP contribution is 2.00. The highest BCUT2D eigenvalue weighted by atomic mass is 16.5. The van der Waals surface area contributed by atoms with Crippen LogP contribution in [0.5, 0.6) is 0 Å². The van der Waals surface area contributed by atoms with Gasteiger partial charge in [0.15, 0.2) is 13.1 Å². The molecule has 1 heterocycles. The molecule has 0 bridgehead atoms. The van der Waals surface area contributed by atoms with Gasteiger partial charge in [-0.3, -0.25) is 0 Å². The maximum atomic E-state index is 4.77. The first-order valence-corrected chi connectivity index (χ1v) is 2.99. The Kier molecular flexibility index (Phi) is 1.82. The second kappa shape index (κ2) is 2.62. The van der Waals surface area contributed by atoms with Crippen molar-refractivity contribution in [2.75, 3.05) is 6.73 Å². The van der Waals surface area contributed by atoms with Gasteiger partial charge in [-0.1, -0.05) is 13.8 Å². The minimum absolute atomic E-state index is 0.408. The fourth-order valence-electron chi connectivity index (χ4n) is 0.600. The molecular weight excluding hydrogens is 116 g/mol. The molecule has 0 unspecified atom stereocenters. The first kappa shape index (κ1) is 6.26. The number of ether oxygens (including phenoxy) is 1. The van der Waals surface area contributed by atoms with Gasteiger partial charge in [0, 0.05) is 5.92 Å². The third-order valence-corrected chi connectivity index (χ3v) is 1.08. The van der Waals surface area contributed by atoms with Crippen molar-refractivity contribution in [3.05, 3.63) is 0 Å². The van der Waals surface area contributed by atoms with E-state index in [0.29, 0.717) is 12.6 Å². The van der Waals surface area contributed by atoms with Crippen LogP contribution in [0, 0.1) is 5.92 Å². The van der Waals surface area contributed by atoms with Crippen LogP contribution in [0.3, 0.4) is 0 Å². The van der Waals surface area contributed by atoms with Gasteiger partial charge in [0.25, 0.3) is 0 Å². The number of rotatable bonds is 1. The van der Waals surface area contributed by atoms with Crippen LogP contribution in [0.25, 0.3) is 0 Å². The Morgan fingerprint density at radius 1 is 1.67 bits per heavy atom. The minimum atomic E-state index is 0.408. The summed E-state index contributed by atoms with van der Waals surface area (Å²) in [5.41, 5.74) is 0. The molecule has 0 aliphatic carbocycles. The van der Waals surface area contributed by atoms with Crippen LogP contribution < -0.4 is 0 Å². The summed E-state index contributed by atoms with van der Waals surface area (Å²) >= 11 is 0. The smallest absolute Gasteiger partial charge is 0.182 e. The van der Waals surface area contributed by atoms with Crippen molar-refractivity contribution < 1.29 is 4.74 Å². The van der Waals surface area contributed by atoms with E-state index in [4.69, 9.17) is 4.74 Å². The minimum Gasteiger partial charge on any atom is -0.461 e. The Bertz CT molecular complexity index is 149. The topological polar surface area (TPSA) is 34.0 Å². The van der Waals surface area contributed by atoms with Crippen molar-refractivity contribution in [1.29, 1.82) is 0 Å². The zero-order valence-electron chi connectivity index (χ0n) is 5.66. The molecule has 0 atom stereocenters. The van der Waals surface area contributed by atoms with Gasteiger partial charge in [0.1, 0.15) is 5.84 Å². The SMILES string of the molecule is CC(C)C1=NCOC=N1. The molecule has 1 aliphatic heterocycles. The third-order valence-electron chi connectivity index (χ3n) is 1.08. The number of hydrogen-bond acceptors (Lipinski definition) is 3. The maximum Gasteiger partial charge on any atom is 0.182 e. The van der Waals surface area contributed by atoms with Crippen molar-refractivity contribution >= 4 is 12.2 Å². The molecule has 0 aromatic heterocycles. The average molecular weight is 126 g/mol. The molecule has 0 spiro atoms. The lowest BCUT2D eigenvalue weighted by Crippen LogP contribution is -2.10. The van der Waals surface area contributed by atoms with E-state index in [2.05, 4.69) is 23.8 Å². The van der Waals surface area contributed by atoms with Crippen LogP contribution in [-0.2, 0) is 4.74 Å². The lowest BCUT2D eigenvalue weighted by Gasteiger charge is -2.07. The van der Waals surface area contributed by atoms with E-state index < -0.39 is 0 Å².